The third-order valence-corrected chi connectivity index (χ3v) is 3.32. The summed E-state index contributed by atoms with van der Waals surface area (Å²) < 4.78 is 3.40. The molecule has 1 saturated carbocycles. The Morgan fingerprint density at radius 3 is 3.00 bits per heavy atom. The molecule has 2 heterocycles. The topological polar surface area (TPSA) is 51.9 Å². The Labute approximate surface area is 115 Å². The highest BCUT2D eigenvalue weighted by molar-refractivity contribution is 6.30. The zero-order valence-corrected chi connectivity index (χ0v) is 11.4. The lowest BCUT2D eigenvalue weighted by molar-refractivity contribution is 0.633. The van der Waals surface area contributed by atoms with Crippen LogP contribution < -0.4 is 10.9 Å². The normalized spacial score (nSPS) is 14.6. The van der Waals surface area contributed by atoms with Crippen LogP contribution in [0.3, 0.4) is 0 Å². The van der Waals surface area contributed by atoms with Crippen LogP contribution in [0.25, 0.3) is 5.82 Å². The average Bonchev–Trinajstić information content (AvgIpc) is 3.12. The summed E-state index contributed by atoms with van der Waals surface area (Å²) in [4.78, 5) is 12.3. The summed E-state index contributed by atoms with van der Waals surface area (Å²) in [5.74, 6) is 0.610. The maximum Gasteiger partial charge on any atom is 0.279 e. The van der Waals surface area contributed by atoms with Gasteiger partial charge in [-0.15, -0.1) is 0 Å². The van der Waals surface area contributed by atoms with Crippen molar-refractivity contribution < 1.29 is 0 Å². The Bertz CT molecular complexity index is 657. The van der Waals surface area contributed by atoms with Crippen LogP contribution in [0.2, 0.25) is 5.02 Å². The van der Waals surface area contributed by atoms with Crippen LogP contribution in [0.1, 0.15) is 25.8 Å². The van der Waals surface area contributed by atoms with E-state index in [0.717, 1.165) is 12.8 Å². The molecule has 0 saturated heterocycles. The lowest BCUT2D eigenvalue weighted by Crippen LogP contribution is -2.22. The second kappa shape index (κ2) is 4.74. The van der Waals surface area contributed by atoms with Gasteiger partial charge in [-0.3, -0.25) is 14.0 Å². The molecule has 1 aliphatic rings. The molecule has 0 unspecified atom stereocenters. The van der Waals surface area contributed by atoms with E-state index < -0.39 is 0 Å². The number of anilines is 1. The molecule has 19 heavy (non-hydrogen) atoms. The monoisotopic (exact) mass is 278 g/mol. The molecular weight excluding hydrogens is 264 g/mol. The van der Waals surface area contributed by atoms with E-state index in [1.54, 1.807) is 12.3 Å². The first kappa shape index (κ1) is 12.3. The van der Waals surface area contributed by atoms with Crippen LogP contribution >= 0.6 is 11.6 Å². The van der Waals surface area contributed by atoms with E-state index in [9.17, 15) is 4.79 Å². The molecule has 3 rings (SSSR count). The van der Waals surface area contributed by atoms with Crippen LogP contribution in [0, 0.1) is 0 Å². The summed E-state index contributed by atoms with van der Waals surface area (Å²) in [6.45, 7) is 2.61. The van der Waals surface area contributed by atoms with Crippen molar-refractivity contribution >= 4 is 17.3 Å². The molecule has 1 N–H and O–H groups in total. The number of nitrogens with zero attached hydrogens (tertiary/aromatic N) is 3. The SMILES string of the molecule is CCNc1cc(Cl)cn(-c2ccn(C3CC3)n2)c1=O. The molecule has 5 nitrogen and oxygen atoms in total. The van der Waals surface area contributed by atoms with Gasteiger partial charge in [-0.05, 0) is 25.8 Å². The van der Waals surface area contributed by atoms with Crippen molar-refractivity contribution in [3.63, 3.8) is 0 Å². The van der Waals surface area contributed by atoms with Crippen molar-refractivity contribution in [2.24, 2.45) is 0 Å². The highest BCUT2D eigenvalue weighted by Gasteiger charge is 2.24. The van der Waals surface area contributed by atoms with Crippen molar-refractivity contribution in [2.45, 2.75) is 25.8 Å². The predicted molar refractivity (Wildman–Crippen MR) is 75.3 cm³/mol. The standard InChI is InChI=1S/C13H15ClN4O/c1-2-15-11-7-9(14)8-17(13(11)19)12-5-6-18(16-12)10-3-4-10/h5-8,10,15H,2-4H2,1H3. The summed E-state index contributed by atoms with van der Waals surface area (Å²) in [5.41, 5.74) is 0.364. The van der Waals surface area contributed by atoms with Gasteiger partial charge >= 0.3 is 0 Å². The van der Waals surface area contributed by atoms with Crippen LogP contribution in [0.15, 0.2) is 29.3 Å². The van der Waals surface area contributed by atoms with Gasteiger partial charge in [0.2, 0.25) is 0 Å². The summed E-state index contributed by atoms with van der Waals surface area (Å²) in [6, 6.07) is 3.98. The first-order valence-electron chi connectivity index (χ1n) is 6.40. The molecule has 0 spiro atoms. The quantitative estimate of drug-likeness (QED) is 0.935. The number of aromatic nitrogens is 3. The third-order valence-electron chi connectivity index (χ3n) is 3.11. The second-order valence-corrected chi connectivity index (χ2v) is 5.10. The minimum Gasteiger partial charge on any atom is -0.381 e. The van der Waals surface area contributed by atoms with Crippen LogP contribution in [0.5, 0.6) is 0 Å². The Kier molecular flexibility index (Phi) is 3.06. The largest absolute Gasteiger partial charge is 0.381 e. The molecule has 0 radical (unpaired) electrons. The molecule has 0 atom stereocenters. The number of hydrogen-bond acceptors (Lipinski definition) is 3. The van der Waals surface area contributed by atoms with Gasteiger partial charge in [-0.1, -0.05) is 11.6 Å². The number of hydrogen-bond donors (Lipinski definition) is 1. The van der Waals surface area contributed by atoms with Gasteiger partial charge in [0.05, 0.1) is 11.1 Å². The second-order valence-electron chi connectivity index (χ2n) is 4.66. The third kappa shape index (κ3) is 2.38. The first-order valence-corrected chi connectivity index (χ1v) is 6.78. The van der Waals surface area contributed by atoms with Crippen molar-refractivity contribution in [1.82, 2.24) is 14.3 Å². The van der Waals surface area contributed by atoms with Gasteiger partial charge in [-0.25, -0.2) is 0 Å². The van der Waals surface area contributed by atoms with Gasteiger partial charge in [0.15, 0.2) is 5.82 Å². The molecule has 0 aliphatic heterocycles. The Hall–Kier alpha value is -1.75. The maximum atomic E-state index is 12.3. The van der Waals surface area contributed by atoms with Crippen molar-refractivity contribution in [3.05, 3.63) is 39.9 Å². The average molecular weight is 279 g/mol. The van der Waals surface area contributed by atoms with Crippen molar-refractivity contribution in [1.29, 1.82) is 0 Å². The van der Waals surface area contributed by atoms with Gasteiger partial charge < -0.3 is 5.32 Å². The van der Waals surface area contributed by atoms with Crippen LogP contribution in [0.4, 0.5) is 5.69 Å². The Morgan fingerprint density at radius 2 is 2.32 bits per heavy atom. The molecule has 6 heteroatoms. The lowest BCUT2D eigenvalue weighted by atomic mass is 10.4. The first-order chi connectivity index (χ1) is 9.19. The van der Waals surface area contributed by atoms with Crippen molar-refractivity contribution in [2.75, 3.05) is 11.9 Å². The number of pyridine rings is 1. The highest BCUT2D eigenvalue weighted by Crippen LogP contribution is 2.34. The highest BCUT2D eigenvalue weighted by atomic mass is 35.5. The fraction of sp³-hybridized carbons (Fsp3) is 0.385. The molecule has 0 aromatic carbocycles. The smallest absolute Gasteiger partial charge is 0.279 e. The summed E-state index contributed by atoms with van der Waals surface area (Å²) >= 11 is 6.05. The Morgan fingerprint density at radius 1 is 1.53 bits per heavy atom. The summed E-state index contributed by atoms with van der Waals surface area (Å²) in [5, 5.41) is 7.97. The van der Waals surface area contributed by atoms with E-state index in [2.05, 4.69) is 10.4 Å². The minimum absolute atomic E-state index is 0.132. The zero-order chi connectivity index (χ0) is 13.4. The number of nitrogens with one attached hydrogen (secondary N) is 1. The molecule has 0 bridgehead atoms. The number of halogens is 1. The van der Waals surface area contributed by atoms with Gasteiger partial charge in [0, 0.05) is 25.0 Å². The fourth-order valence-corrected chi connectivity index (χ4v) is 2.24. The molecule has 100 valence electrons. The molecule has 1 aliphatic carbocycles. The van der Waals surface area contributed by atoms with Crippen LogP contribution in [-0.4, -0.2) is 20.9 Å². The van der Waals surface area contributed by atoms with E-state index in [1.165, 1.54) is 4.57 Å². The van der Waals surface area contributed by atoms with Crippen LogP contribution in [-0.2, 0) is 0 Å². The summed E-state index contributed by atoms with van der Waals surface area (Å²) in [7, 11) is 0. The lowest BCUT2D eigenvalue weighted by Gasteiger charge is -2.07. The Balaban J connectivity index is 2.04. The molecule has 2 aromatic heterocycles. The molecular formula is C13H15ClN4O. The van der Waals surface area contributed by atoms with Gasteiger partial charge in [0.25, 0.3) is 5.56 Å². The van der Waals surface area contributed by atoms with E-state index in [0.29, 0.717) is 29.1 Å². The minimum atomic E-state index is -0.132. The maximum absolute atomic E-state index is 12.3. The molecule has 1 fully saturated rings. The van der Waals surface area contributed by atoms with E-state index >= 15 is 0 Å². The molecule has 2 aromatic rings. The van der Waals surface area contributed by atoms with E-state index in [-0.39, 0.29) is 5.56 Å². The van der Waals surface area contributed by atoms with Gasteiger partial charge in [0.1, 0.15) is 5.69 Å². The van der Waals surface area contributed by atoms with Gasteiger partial charge in [-0.2, -0.15) is 5.10 Å². The zero-order valence-electron chi connectivity index (χ0n) is 10.6. The summed E-state index contributed by atoms with van der Waals surface area (Å²) in [6.07, 6.45) is 5.83. The fourth-order valence-electron chi connectivity index (χ4n) is 2.03. The van der Waals surface area contributed by atoms with E-state index in [1.807, 2.05) is 23.9 Å². The van der Waals surface area contributed by atoms with E-state index in [4.69, 9.17) is 11.6 Å². The van der Waals surface area contributed by atoms with Crippen molar-refractivity contribution in [3.8, 4) is 5.82 Å². The number of rotatable bonds is 4. The molecule has 0 amide bonds. The predicted octanol–water partition coefficient (Wildman–Crippen LogP) is 2.45.